The number of fused-ring (bicyclic) bond motifs is 1. The SMILES string of the molecule is Fc1ccc(CC2CC=C(c3ccccc3)c3ccc(Br)cc32)cc1. The first-order valence-corrected chi connectivity index (χ1v) is 9.30. The third kappa shape index (κ3) is 3.45. The van der Waals surface area contributed by atoms with E-state index in [9.17, 15) is 4.39 Å². The summed E-state index contributed by atoms with van der Waals surface area (Å²) in [6.45, 7) is 0. The normalized spacial score (nSPS) is 16.2. The van der Waals surface area contributed by atoms with Crippen molar-refractivity contribution in [1.29, 1.82) is 0 Å². The van der Waals surface area contributed by atoms with E-state index in [1.165, 1.54) is 27.8 Å². The van der Waals surface area contributed by atoms with Crippen LogP contribution in [0.1, 0.15) is 34.6 Å². The second kappa shape index (κ2) is 6.97. The molecule has 2 heteroatoms. The van der Waals surface area contributed by atoms with E-state index in [0.717, 1.165) is 17.3 Å². The Hall–Kier alpha value is -2.19. The highest BCUT2D eigenvalue weighted by molar-refractivity contribution is 9.10. The predicted octanol–water partition coefficient (Wildman–Crippen LogP) is 6.75. The first kappa shape index (κ1) is 16.3. The van der Waals surface area contributed by atoms with Gasteiger partial charge in [-0.05, 0) is 70.9 Å². The van der Waals surface area contributed by atoms with Crippen LogP contribution in [-0.4, -0.2) is 0 Å². The lowest BCUT2D eigenvalue weighted by Gasteiger charge is -2.26. The zero-order valence-corrected chi connectivity index (χ0v) is 15.3. The molecule has 1 unspecified atom stereocenters. The molecule has 1 atom stereocenters. The van der Waals surface area contributed by atoms with Gasteiger partial charge < -0.3 is 0 Å². The minimum Gasteiger partial charge on any atom is -0.207 e. The molecule has 0 aromatic heterocycles. The van der Waals surface area contributed by atoms with Crippen LogP contribution in [0.15, 0.2) is 83.3 Å². The Labute approximate surface area is 156 Å². The molecule has 0 bridgehead atoms. The van der Waals surface area contributed by atoms with Crippen molar-refractivity contribution in [2.24, 2.45) is 0 Å². The molecule has 0 saturated heterocycles. The Kier molecular flexibility index (Phi) is 4.54. The highest BCUT2D eigenvalue weighted by Crippen LogP contribution is 2.40. The fraction of sp³-hybridized carbons (Fsp3) is 0.130. The number of hydrogen-bond donors (Lipinski definition) is 0. The van der Waals surface area contributed by atoms with Crippen LogP contribution in [0.5, 0.6) is 0 Å². The maximum absolute atomic E-state index is 13.2. The molecule has 0 nitrogen and oxygen atoms in total. The van der Waals surface area contributed by atoms with Crippen LogP contribution in [0.25, 0.3) is 5.57 Å². The molecule has 3 aromatic carbocycles. The number of allylic oxidation sites excluding steroid dienone is 1. The Morgan fingerprint density at radius 3 is 2.44 bits per heavy atom. The largest absolute Gasteiger partial charge is 0.207 e. The summed E-state index contributed by atoms with van der Waals surface area (Å²) in [5.74, 6) is 0.229. The lowest BCUT2D eigenvalue weighted by atomic mass is 9.78. The van der Waals surface area contributed by atoms with Crippen LogP contribution in [0.4, 0.5) is 4.39 Å². The Bertz CT molecular complexity index is 911. The first-order chi connectivity index (χ1) is 12.2. The standard InChI is InChI=1S/C23H18BrF/c24-19-9-13-22-21(17-4-2-1-3-5-17)12-8-18(23(22)15-19)14-16-6-10-20(25)11-7-16/h1-7,9-13,15,18H,8,14H2. The van der Waals surface area contributed by atoms with Gasteiger partial charge in [0, 0.05) is 4.47 Å². The molecule has 25 heavy (non-hydrogen) atoms. The van der Waals surface area contributed by atoms with Gasteiger partial charge in [-0.25, -0.2) is 4.39 Å². The van der Waals surface area contributed by atoms with Crippen molar-refractivity contribution in [3.63, 3.8) is 0 Å². The predicted molar refractivity (Wildman–Crippen MR) is 105 cm³/mol. The van der Waals surface area contributed by atoms with Gasteiger partial charge in [0.25, 0.3) is 0 Å². The molecule has 0 spiro atoms. The van der Waals surface area contributed by atoms with Crippen LogP contribution in [0, 0.1) is 5.82 Å². The second-order valence-electron chi connectivity index (χ2n) is 6.48. The van der Waals surface area contributed by atoms with Gasteiger partial charge in [0.1, 0.15) is 5.82 Å². The van der Waals surface area contributed by atoms with E-state index in [4.69, 9.17) is 0 Å². The maximum Gasteiger partial charge on any atom is 0.123 e. The van der Waals surface area contributed by atoms with Crippen molar-refractivity contribution < 1.29 is 4.39 Å². The summed E-state index contributed by atoms with van der Waals surface area (Å²) in [7, 11) is 0. The molecule has 3 aromatic rings. The summed E-state index contributed by atoms with van der Waals surface area (Å²) in [6, 6.07) is 24.0. The Morgan fingerprint density at radius 1 is 0.920 bits per heavy atom. The average molecular weight is 393 g/mol. The zero-order chi connectivity index (χ0) is 17.2. The number of benzene rings is 3. The summed E-state index contributed by atoms with van der Waals surface area (Å²) >= 11 is 3.62. The summed E-state index contributed by atoms with van der Waals surface area (Å²) in [5.41, 5.74) is 6.39. The Morgan fingerprint density at radius 2 is 1.68 bits per heavy atom. The van der Waals surface area contributed by atoms with Crippen molar-refractivity contribution in [3.8, 4) is 0 Å². The molecule has 0 fully saturated rings. The summed E-state index contributed by atoms with van der Waals surface area (Å²) in [6.07, 6.45) is 4.26. The van der Waals surface area contributed by atoms with Gasteiger partial charge in [-0.3, -0.25) is 0 Å². The molecule has 1 aliphatic carbocycles. The summed E-state index contributed by atoms with van der Waals surface area (Å²) in [5, 5.41) is 0. The quantitative estimate of drug-likeness (QED) is 0.462. The third-order valence-electron chi connectivity index (χ3n) is 4.83. The molecule has 0 N–H and O–H groups in total. The van der Waals surface area contributed by atoms with Gasteiger partial charge in [0.15, 0.2) is 0 Å². The molecule has 0 amide bonds. The van der Waals surface area contributed by atoms with Crippen molar-refractivity contribution in [1.82, 2.24) is 0 Å². The van der Waals surface area contributed by atoms with Crippen LogP contribution in [-0.2, 0) is 6.42 Å². The minimum absolute atomic E-state index is 0.179. The van der Waals surface area contributed by atoms with Crippen LogP contribution >= 0.6 is 15.9 Å². The first-order valence-electron chi connectivity index (χ1n) is 8.50. The molecule has 1 aliphatic rings. The number of halogens is 2. The molecule has 0 heterocycles. The van der Waals surface area contributed by atoms with Crippen molar-refractivity contribution >= 4 is 21.5 Å². The molecule has 0 radical (unpaired) electrons. The van der Waals surface area contributed by atoms with Crippen molar-refractivity contribution in [2.45, 2.75) is 18.8 Å². The molecule has 0 aliphatic heterocycles. The molecular formula is C23H18BrF. The fourth-order valence-corrected chi connectivity index (χ4v) is 3.98. The van der Waals surface area contributed by atoms with Gasteiger partial charge in [0.2, 0.25) is 0 Å². The molecule has 124 valence electrons. The van der Waals surface area contributed by atoms with E-state index in [0.29, 0.717) is 5.92 Å². The summed E-state index contributed by atoms with van der Waals surface area (Å²) < 4.78 is 14.3. The highest BCUT2D eigenvalue weighted by atomic mass is 79.9. The van der Waals surface area contributed by atoms with E-state index in [2.05, 4.69) is 64.5 Å². The monoisotopic (exact) mass is 392 g/mol. The van der Waals surface area contributed by atoms with Gasteiger partial charge in [-0.15, -0.1) is 0 Å². The van der Waals surface area contributed by atoms with E-state index in [1.54, 1.807) is 12.1 Å². The second-order valence-corrected chi connectivity index (χ2v) is 7.39. The van der Waals surface area contributed by atoms with Crippen LogP contribution in [0.2, 0.25) is 0 Å². The van der Waals surface area contributed by atoms with E-state index in [-0.39, 0.29) is 5.82 Å². The molecule has 4 rings (SSSR count). The van der Waals surface area contributed by atoms with E-state index in [1.807, 2.05) is 18.2 Å². The number of rotatable bonds is 3. The zero-order valence-electron chi connectivity index (χ0n) is 13.8. The maximum atomic E-state index is 13.2. The van der Waals surface area contributed by atoms with E-state index >= 15 is 0 Å². The lowest BCUT2D eigenvalue weighted by Crippen LogP contribution is -2.10. The van der Waals surface area contributed by atoms with E-state index < -0.39 is 0 Å². The van der Waals surface area contributed by atoms with Crippen LogP contribution < -0.4 is 0 Å². The third-order valence-corrected chi connectivity index (χ3v) is 5.32. The smallest absolute Gasteiger partial charge is 0.123 e. The fourth-order valence-electron chi connectivity index (χ4n) is 3.60. The van der Waals surface area contributed by atoms with Crippen molar-refractivity contribution in [2.75, 3.05) is 0 Å². The molecular weight excluding hydrogens is 375 g/mol. The van der Waals surface area contributed by atoms with Crippen molar-refractivity contribution in [3.05, 3.63) is 111 Å². The summed E-state index contributed by atoms with van der Waals surface area (Å²) in [4.78, 5) is 0. The van der Waals surface area contributed by atoms with Gasteiger partial charge >= 0.3 is 0 Å². The van der Waals surface area contributed by atoms with Gasteiger partial charge in [0.05, 0.1) is 0 Å². The Balaban J connectivity index is 1.72. The van der Waals surface area contributed by atoms with Crippen LogP contribution in [0.3, 0.4) is 0 Å². The topological polar surface area (TPSA) is 0 Å². The minimum atomic E-state index is -0.179. The number of hydrogen-bond acceptors (Lipinski definition) is 0. The average Bonchev–Trinajstić information content (AvgIpc) is 2.64. The molecule has 0 saturated carbocycles. The highest BCUT2D eigenvalue weighted by Gasteiger charge is 2.23. The lowest BCUT2D eigenvalue weighted by molar-refractivity contribution is 0.624. The van der Waals surface area contributed by atoms with Gasteiger partial charge in [-0.1, -0.05) is 70.5 Å². The van der Waals surface area contributed by atoms with Gasteiger partial charge in [-0.2, -0.15) is 0 Å².